The fourth-order valence-corrected chi connectivity index (χ4v) is 2.88. The first-order valence-electron chi connectivity index (χ1n) is 6.28. The van der Waals surface area contributed by atoms with Crippen molar-refractivity contribution in [2.24, 2.45) is 0 Å². The molecule has 0 saturated heterocycles. The van der Waals surface area contributed by atoms with E-state index in [4.69, 9.17) is 12.2 Å². The summed E-state index contributed by atoms with van der Waals surface area (Å²) in [6, 6.07) is 19.0. The van der Waals surface area contributed by atoms with Gasteiger partial charge in [-0.05, 0) is 30.0 Å². The third-order valence-electron chi connectivity index (χ3n) is 3.50. The maximum atomic E-state index is 5.56. The second kappa shape index (κ2) is 4.91. The third kappa shape index (κ3) is 2.16. The van der Waals surface area contributed by atoms with E-state index >= 15 is 0 Å². The molecule has 2 aromatic rings. The van der Waals surface area contributed by atoms with E-state index in [9.17, 15) is 0 Å². The van der Waals surface area contributed by atoms with E-state index in [1.807, 2.05) is 6.07 Å². The van der Waals surface area contributed by atoms with E-state index in [-0.39, 0.29) is 0 Å². The van der Waals surface area contributed by atoms with Crippen LogP contribution < -0.4 is 5.32 Å². The van der Waals surface area contributed by atoms with Crippen LogP contribution in [-0.2, 0) is 6.42 Å². The lowest BCUT2D eigenvalue weighted by Crippen LogP contribution is -2.17. The Morgan fingerprint density at radius 1 is 0.944 bits per heavy atom. The molecule has 1 aliphatic heterocycles. The van der Waals surface area contributed by atoms with Crippen LogP contribution in [0.2, 0.25) is 0 Å². The summed E-state index contributed by atoms with van der Waals surface area (Å²) in [4.78, 5) is 0.936. The molecule has 1 heterocycles. The van der Waals surface area contributed by atoms with Crippen LogP contribution in [0.25, 0.3) is 0 Å². The SMILES string of the molecule is S=C1Nc2ccccc2CC[C@H]1c1ccccc1. The molecule has 1 aliphatic rings. The average molecular weight is 253 g/mol. The van der Waals surface area contributed by atoms with Gasteiger partial charge in [0.2, 0.25) is 0 Å². The maximum absolute atomic E-state index is 5.56. The predicted molar refractivity (Wildman–Crippen MR) is 80.2 cm³/mol. The Kier molecular flexibility index (Phi) is 3.11. The zero-order valence-electron chi connectivity index (χ0n) is 10.1. The molecule has 90 valence electrons. The van der Waals surface area contributed by atoms with Gasteiger partial charge in [0.05, 0.1) is 4.99 Å². The number of benzene rings is 2. The number of rotatable bonds is 1. The van der Waals surface area contributed by atoms with Crippen LogP contribution in [0, 0.1) is 0 Å². The van der Waals surface area contributed by atoms with Crippen LogP contribution in [0.5, 0.6) is 0 Å². The molecular formula is C16H15NS. The Balaban J connectivity index is 1.92. The molecule has 0 aromatic heterocycles. The highest BCUT2D eigenvalue weighted by Gasteiger charge is 2.21. The molecule has 1 N–H and O–H groups in total. The van der Waals surface area contributed by atoms with Crippen molar-refractivity contribution < 1.29 is 0 Å². The Bertz CT molecular complexity index is 562. The number of hydrogen-bond acceptors (Lipinski definition) is 1. The normalized spacial score (nSPS) is 18.7. The molecule has 2 aromatic carbocycles. The maximum Gasteiger partial charge on any atom is 0.0873 e. The summed E-state index contributed by atoms with van der Waals surface area (Å²) >= 11 is 5.56. The minimum atomic E-state index is 0.327. The molecular weight excluding hydrogens is 238 g/mol. The van der Waals surface area contributed by atoms with E-state index in [2.05, 4.69) is 53.8 Å². The Labute approximate surface area is 113 Å². The largest absolute Gasteiger partial charge is 0.349 e. The van der Waals surface area contributed by atoms with Crippen molar-refractivity contribution in [1.29, 1.82) is 0 Å². The standard InChI is InChI=1S/C16H15NS/c18-16-14(12-6-2-1-3-7-12)11-10-13-8-4-5-9-15(13)17-16/h1-9,14H,10-11H2,(H,17,18)/t14-/m0/s1. The van der Waals surface area contributed by atoms with Crippen LogP contribution in [0.1, 0.15) is 23.5 Å². The van der Waals surface area contributed by atoms with Gasteiger partial charge in [0, 0.05) is 11.6 Å². The van der Waals surface area contributed by atoms with Crippen LogP contribution >= 0.6 is 12.2 Å². The van der Waals surface area contributed by atoms with Crippen molar-refractivity contribution in [3.8, 4) is 0 Å². The summed E-state index contributed by atoms with van der Waals surface area (Å²) in [6.07, 6.45) is 2.15. The molecule has 0 bridgehead atoms. The second-order valence-electron chi connectivity index (χ2n) is 4.65. The smallest absolute Gasteiger partial charge is 0.0873 e. The lowest BCUT2D eigenvalue weighted by molar-refractivity contribution is 0.782. The number of fused-ring (bicyclic) bond motifs is 1. The molecule has 2 heteroatoms. The lowest BCUT2D eigenvalue weighted by Gasteiger charge is -2.16. The molecule has 3 rings (SSSR count). The van der Waals surface area contributed by atoms with E-state index < -0.39 is 0 Å². The Morgan fingerprint density at radius 3 is 2.50 bits per heavy atom. The van der Waals surface area contributed by atoms with Crippen LogP contribution in [0.3, 0.4) is 0 Å². The molecule has 1 atom stereocenters. The van der Waals surface area contributed by atoms with E-state index in [0.29, 0.717) is 5.92 Å². The highest BCUT2D eigenvalue weighted by molar-refractivity contribution is 7.80. The lowest BCUT2D eigenvalue weighted by atomic mass is 9.93. The molecule has 1 nitrogen and oxygen atoms in total. The third-order valence-corrected chi connectivity index (χ3v) is 3.88. The number of para-hydroxylation sites is 1. The van der Waals surface area contributed by atoms with E-state index in [1.54, 1.807) is 0 Å². The van der Waals surface area contributed by atoms with Gasteiger partial charge in [0.15, 0.2) is 0 Å². The predicted octanol–water partition coefficient (Wildman–Crippen LogP) is 4.16. The zero-order chi connectivity index (χ0) is 12.4. The zero-order valence-corrected chi connectivity index (χ0v) is 10.9. The van der Waals surface area contributed by atoms with Gasteiger partial charge < -0.3 is 5.32 Å². The van der Waals surface area contributed by atoms with Gasteiger partial charge in [-0.25, -0.2) is 0 Å². The number of nitrogens with one attached hydrogen (secondary N) is 1. The first-order valence-corrected chi connectivity index (χ1v) is 6.69. The summed E-state index contributed by atoms with van der Waals surface area (Å²) in [6.45, 7) is 0. The number of thiocarbonyl (C=S) groups is 1. The van der Waals surface area contributed by atoms with Crippen molar-refractivity contribution in [3.63, 3.8) is 0 Å². The van der Waals surface area contributed by atoms with Gasteiger partial charge in [0.1, 0.15) is 0 Å². The Hall–Kier alpha value is -1.67. The summed E-state index contributed by atoms with van der Waals surface area (Å²) < 4.78 is 0. The summed E-state index contributed by atoms with van der Waals surface area (Å²) in [5, 5.41) is 3.40. The minimum absolute atomic E-state index is 0.327. The molecule has 0 unspecified atom stereocenters. The van der Waals surface area contributed by atoms with Gasteiger partial charge >= 0.3 is 0 Å². The van der Waals surface area contributed by atoms with Gasteiger partial charge in [-0.3, -0.25) is 0 Å². The van der Waals surface area contributed by atoms with E-state index in [1.165, 1.54) is 16.8 Å². The van der Waals surface area contributed by atoms with Crippen molar-refractivity contribution in [1.82, 2.24) is 0 Å². The molecule has 18 heavy (non-hydrogen) atoms. The molecule has 0 spiro atoms. The van der Waals surface area contributed by atoms with Crippen LogP contribution in [-0.4, -0.2) is 4.99 Å². The fraction of sp³-hybridized carbons (Fsp3) is 0.188. The van der Waals surface area contributed by atoms with Gasteiger partial charge in [-0.1, -0.05) is 60.7 Å². The van der Waals surface area contributed by atoms with Crippen molar-refractivity contribution in [2.75, 3.05) is 5.32 Å². The Morgan fingerprint density at radius 2 is 1.67 bits per heavy atom. The van der Waals surface area contributed by atoms with Crippen molar-refractivity contribution in [3.05, 3.63) is 65.7 Å². The molecule has 0 radical (unpaired) electrons. The highest BCUT2D eigenvalue weighted by atomic mass is 32.1. The fourth-order valence-electron chi connectivity index (χ4n) is 2.51. The van der Waals surface area contributed by atoms with Gasteiger partial charge in [-0.2, -0.15) is 0 Å². The summed E-state index contributed by atoms with van der Waals surface area (Å²) in [5.74, 6) is 0.327. The molecule has 0 fully saturated rings. The monoisotopic (exact) mass is 253 g/mol. The van der Waals surface area contributed by atoms with E-state index in [0.717, 1.165) is 17.8 Å². The summed E-state index contributed by atoms with van der Waals surface area (Å²) in [5.41, 5.74) is 3.84. The second-order valence-corrected chi connectivity index (χ2v) is 5.09. The van der Waals surface area contributed by atoms with Crippen molar-refractivity contribution in [2.45, 2.75) is 18.8 Å². The topological polar surface area (TPSA) is 12.0 Å². The van der Waals surface area contributed by atoms with Crippen LogP contribution in [0.4, 0.5) is 5.69 Å². The molecule has 0 amide bonds. The molecule has 0 aliphatic carbocycles. The molecule has 0 saturated carbocycles. The number of aryl methyl sites for hydroxylation is 1. The summed E-state index contributed by atoms with van der Waals surface area (Å²) in [7, 11) is 0. The van der Waals surface area contributed by atoms with Gasteiger partial charge in [0.25, 0.3) is 0 Å². The van der Waals surface area contributed by atoms with Crippen LogP contribution in [0.15, 0.2) is 54.6 Å². The number of anilines is 1. The van der Waals surface area contributed by atoms with Gasteiger partial charge in [-0.15, -0.1) is 0 Å². The first kappa shape index (κ1) is 11.4. The minimum Gasteiger partial charge on any atom is -0.349 e. The van der Waals surface area contributed by atoms with Crippen molar-refractivity contribution >= 4 is 22.9 Å². The number of hydrogen-bond donors (Lipinski definition) is 1. The quantitative estimate of drug-likeness (QED) is 0.766. The highest BCUT2D eigenvalue weighted by Crippen LogP contribution is 2.30. The average Bonchev–Trinajstić information content (AvgIpc) is 2.58. The first-order chi connectivity index (χ1) is 8.84.